The van der Waals surface area contributed by atoms with Crippen molar-refractivity contribution in [2.45, 2.75) is 0 Å². The van der Waals surface area contributed by atoms with Crippen molar-refractivity contribution in [2.24, 2.45) is 0 Å². The van der Waals surface area contributed by atoms with Crippen LogP contribution in [0.25, 0.3) is 6.08 Å². The molecule has 0 bridgehead atoms. The van der Waals surface area contributed by atoms with E-state index < -0.39 is 0 Å². The van der Waals surface area contributed by atoms with Gasteiger partial charge in [0.2, 0.25) is 0 Å². The number of benzene rings is 1. The molecular weight excluding hydrogens is 211 g/mol. The third kappa shape index (κ3) is 2.47. The Morgan fingerprint density at radius 2 is 1.92 bits per heavy atom. The lowest BCUT2D eigenvalue weighted by Gasteiger charge is -2.00. The lowest BCUT2D eigenvalue weighted by Crippen LogP contribution is -1.77. The van der Waals surface area contributed by atoms with Crippen molar-refractivity contribution in [3.8, 4) is 5.75 Å². The molecule has 0 heterocycles. The monoisotopic (exact) mass is 216 g/mol. The van der Waals surface area contributed by atoms with Gasteiger partial charge in [0.15, 0.2) is 0 Å². The average Bonchev–Trinajstić information content (AvgIpc) is 2.09. The summed E-state index contributed by atoms with van der Waals surface area (Å²) in [5, 5.41) is 9.69. The zero-order chi connectivity index (χ0) is 9.84. The van der Waals surface area contributed by atoms with E-state index in [4.69, 9.17) is 28.3 Å². The minimum Gasteiger partial charge on any atom is -0.506 e. The van der Waals surface area contributed by atoms with Crippen LogP contribution in [0, 0.1) is 0 Å². The summed E-state index contributed by atoms with van der Waals surface area (Å²) >= 11 is 11.4. The lowest BCUT2D eigenvalue weighted by atomic mass is 10.2. The van der Waals surface area contributed by atoms with Gasteiger partial charge in [0, 0.05) is 6.07 Å². The molecule has 0 aromatic heterocycles. The Morgan fingerprint density at radius 1 is 1.23 bits per heavy atom. The molecule has 0 saturated carbocycles. The van der Waals surface area contributed by atoms with Crippen molar-refractivity contribution in [3.63, 3.8) is 0 Å². The highest BCUT2D eigenvalue weighted by molar-refractivity contribution is 6.35. The Kier molecular flexibility index (Phi) is 3.34. The van der Waals surface area contributed by atoms with Crippen LogP contribution in [0.15, 0.2) is 18.2 Å². The molecule has 13 heavy (non-hydrogen) atoms. The van der Waals surface area contributed by atoms with E-state index in [9.17, 15) is 4.79 Å². The second-order valence-corrected chi connectivity index (χ2v) is 3.13. The molecule has 1 rings (SSSR count). The number of aldehydes is 1. The summed E-state index contributed by atoms with van der Waals surface area (Å²) in [6.07, 6.45) is 3.45. The lowest BCUT2D eigenvalue weighted by molar-refractivity contribution is -0.104. The van der Waals surface area contributed by atoms with E-state index in [-0.39, 0.29) is 10.8 Å². The Balaban J connectivity index is 3.15. The highest BCUT2D eigenvalue weighted by Crippen LogP contribution is 2.30. The van der Waals surface area contributed by atoms with Crippen LogP contribution in [0.1, 0.15) is 5.56 Å². The van der Waals surface area contributed by atoms with Gasteiger partial charge in [-0.3, -0.25) is 4.79 Å². The molecule has 0 saturated heterocycles. The van der Waals surface area contributed by atoms with Crippen molar-refractivity contribution in [3.05, 3.63) is 33.8 Å². The molecule has 0 aliphatic rings. The zero-order valence-electron chi connectivity index (χ0n) is 6.50. The number of halogens is 2. The van der Waals surface area contributed by atoms with Crippen molar-refractivity contribution in [1.82, 2.24) is 0 Å². The van der Waals surface area contributed by atoms with Crippen LogP contribution in [0.5, 0.6) is 5.75 Å². The number of phenols is 1. The maximum absolute atomic E-state index is 10.0. The molecule has 2 nitrogen and oxygen atoms in total. The first-order valence-electron chi connectivity index (χ1n) is 3.45. The molecule has 1 N–H and O–H groups in total. The Bertz CT molecular complexity index is 359. The first-order valence-corrected chi connectivity index (χ1v) is 4.20. The average molecular weight is 217 g/mol. The normalized spacial score (nSPS) is 10.6. The number of allylic oxidation sites excluding steroid dienone is 1. The van der Waals surface area contributed by atoms with Crippen LogP contribution in [0.3, 0.4) is 0 Å². The quantitative estimate of drug-likeness (QED) is 0.610. The van der Waals surface area contributed by atoms with Gasteiger partial charge in [0.05, 0.1) is 10.0 Å². The molecular formula is C9H6Cl2O2. The van der Waals surface area contributed by atoms with Crippen LogP contribution < -0.4 is 0 Å². The SMILES string of the molecule is O=CC=Cc1cc(Cl)c(O)cc1Cl. The van der Waals surface area contributed by atoms with Crippen LogP contribution in [0.4, 0.5) is 0 Å². The highest BCUT2D eigenvalue weighted by Gasteiger charge is 2.03. The van der Waals surface area contributed by atoms with E-state index in [0.717, 1.165) is 0 Å². The van der Waals surface area contributed by atoms with Gasteiger partial charge in [-0.25, -0.2) is 0 Å². The number of phenolic OH excluding ortho intramolecular Hbond substituents is 1. The van der Waals surface area contributed by atoms with Gasteiger partial charge in [-0.2, -0.15) is 0 Å². The first-order chi connectivity index (χ1) is 6.15. The number of carbonyl (C=O) groups is 1. The molecule has 0 radical (unpaired) electrons. The standard InChI is InChI=1S/C9H6Cl2O2/c10-7-5-9(13)8(11)4-6(7)2-1-3-12/h1-5,13H. The van der Waals surface area contributed by atoms with Gasteiger partial charge in [-0.1, -0.05) is 29.3 Å². The molecule has 4 heteroatoms. The second-order valence-electron chi connectivity index (χ2n) is 2.32. The van der Waals surface area contributed by atoms with E-state index in [0.29, 0.717) is 16.9 Å². The molecule has 68 valence electrons. The summed E-state index contributed by atoms with van der Waals surface area (Å²) in [5.41, 5.74) is 0.594. The maximum Gasteiger partial charge on any atom is 0.142 e. The fraction of sp³-hybridized carbons (Fsp3) is 0. The number of hydrogen-bond donors (Lipinski definition) is 1. The van der Waals surface area contributed by atoms with Crippen LogP contribution >= 0.6 is 23.2 Å². The molecule has 0 aliphatic heterocycles. The van der Waals surface area contributed by atoms with Crippen molar-refractivity contribution >= 4 is 35.6 Å². The zero-order valence-corrected chi connectivity index (χ0v) is 8.01. The molecule has 0 fully saturated rings. The van der Waals surface area contributed by atoms with Gasteiger partial charge in [0.1, 0.15) is 12.0 Å². The fourth-order valence-electron chi connectivity index (χ4n) is 0.822. The summed E-state index contributed by atoms with van der Waals surface area (Å²) in [5.74, 6) is -0.0741. The van der Waals surface area contributed by atoms with Crippen LogP contribution in [0.2, 0.25) is 10.0 Å². The second kappa shape index (κ2) is 4.30. The summed E-state index contributed by atoms with van der Waals surface area (Å²) in [4.78, 5) is 10.0. The van der Waals surface area contributed by atoms with E-state index in [2.05, 4.69) is 0 Å². The summed E-state index contributed by atoms with van der Waals surface area (Å²) in [6, 6.07) is 2.81. The molecule has 0 spiro atoms. The van der Waals surface area contributed by atoms with E-state index in [1.165, 1.54) is 24.3 Å². The Hall–Kier alpha value is -0.990. The summed E-state index contributed by atoms with van der Waals surface area (Å²) in [6.45, 7) is 0. The Labute approximate surface area is 85.4 Å². The van der Waals surface area contributed by atoms with Crippen molar-refractivity contribution in [2.75, 3.05) is 0 Å². The number of rotatable bonds is 2. The van der Waals surface area contributed by atoms with Gasteiger partial charge in [-0.05, 0) is 17.7 Å². The summed E-state index contributed by atoms with van der Waals surface area (Å²) < 4.78 is 0. The van der Waals surface area contributed by atoms with Crippen molar-refractivity contribution in [1.29, 1.82) is 0 Å². The minimum absolute atomic E-state index is 0.0741. The molecule has 1 aromatic rings. The Morgan fingerprint density at radius 3 is 2.54 bits per heavy atom. The molecule has 1 aromatic carbocycles. The topological polar surface area (TPSA) is 37.3 Å². The summed E-state index contributed by atoms with van der Waals surface area (Å²) in [7, 11) is 0. The molecule has 0 atom stereocenters. The smallest absolute Gasteiger partial charge is 0.142 e. The number of carbonyl (C=O) groups excluding carboxylic acids is 1. The number of hydrogen-bond acceptors (Lipinski definition) is 2. The van der Waals surface area contributed by atoms with E-state index in [1.54, 1.807) is 0 Å². The van der Waals surface area contributed by atoms with Gasteiger partial charge in [0.25, 0.3) is 0 Å². The van der Waals surface area contributed by atoms with Gasteiger partial charge < -0.3 is 5.11 Å². The molecule has 0 aliphatic carbocycles. The first kappa shape index (κ1) is 10.1. The van der Waals surface area contributed by atoms with Crippen LogP contribution in [-0.4, -0.2) is 11.4 Å². The van der Waals surface area contributed by atoms with Gasteiger partial charge in [-0.15, -0.1) is 0 Å². The predicted octanol–water partition coefficient (Wildman–Crippen LogP) is 2.91. The largest absolute Gasteiger partial charge is 0.506 e. The number of aromatic hydroxyl groups is 1. The van der Waals surface area contributed by atoms with Crippen LogP contribution in [-0.2, 0) is 4.79 Å². The molecule has 0 amide bonds. The predicted molar refractivity (Wildman–Crippen MR) is 53.2 cm³/mol. The van der Waals surface area contributed by atoms with E-state index >= 15 is 0 Å². The third-order valence-electron chi connectivity index (χ3n) is 1.42. The minimum atomic E-state index is -0.0741. The van der Waals surface area contributed by atoms with Gasteiger partial charge >= 0.3 is 0 Å². The molecule has 0 unspecified atom stereocenters. The fourth-order valence-corrected chi connectivity index (χ4v) is 1.22. The third-order valence-corrected chi connectivity index (χ3v) is 2.05. The maximum atomic E-state index is 10.0. The highest BCUT2D eigenvalue weighted by atomic mass is 35.5. The van der Waals surface area contributed by atoms with Crippen molar-refractivity contribution < 1.29 is 9.90 Å². The van der Waals surface area contributed by atoms with E-state index in [1.807, 2.05) is 0 Å².